The smallest absolute Gasteiger partial charge is 0.308 e. The van der Waals surface area contributed by atoms with E-state index >= 15 is 0 Å². The first-order valence-corrected chi connectivity index (χ1v) is 3.60. The molecule has 0 unspecified atom stereocenters. The molecule has 0 radical (unpaired) electrons. The minimum Gasteiger partial charge on any atom is -0.504 e. The molecule has 0 aliphatic rings. The van der Waals surface area contributed by atoms with Crippen molar-refractivity contribution in [1.29, 1.82) is 0 Å². The second-order valence-electron chi connectivity index (χ2n) is 2.44. The van der Waals surface area contributed by atoms with Crippen molar-refractivity contribution >= 4 is 12.3 Å². The lowest BCUT2D eigenvalue weighted by atomic mass is 10.2. The van der Waals surface area contributed by atoms with E-state index in [-0.39, 0.29) is 11.5 Å². The van der Waals surface area contributed by atoms with E-state index in [9.17, 15) is 14.7 Å². The molecule has 0 amide bonds. The summed E-state index contributed by atoms with van der Waals surface area (Å²) in [6.45, 7) is 1.23. The van der Waals surface area contributed by atoms with E-state index in [1.165, 1.54) is 25.1 Å². The van der Waals surface area contributed by atoms with E-state index in [1.807, 2.05) is 0 Å². The Morgan fingerprint density at radius 1 is 1.54 bits per heavy atom. The number of benzene rings is 1. The Hall–Kier alpha value is -1.84. The fourth-order valence-corrected chi connectivity index (χ4v) is 0.849. The number of hydrogen-bond acceptors (Lipinski definition) is 4. The van der Waals surface area contributed by atoms with Crippen LogP contribution < -0.4 is 4.74 Å². The first kappa shape index (κ1) is 9.25. The molecule has 1 aromatic carbocycles. The van der Waals surface area contributed by atoms with Gasteiger partial charge in [0.05, 0.1) is 0 Å². The second-order valence-corrected chi connectivity index (χ2v) is 2.44. The first-order valence-electron chi connectivity index (χ1n) is 3.60. The zero-order chi connectivity index (χ0) is 9.84. The van der Waals surface area contributed by atoms with Gasteiger partial charge in [-0.25, -0.2) is 0 Å². The average Bonchev–Trinajstić information content (AvgIpc) is 2.08. The Labute approximate surface area is 74.8 Å². The van der Waals surface area contributed by atoms with Crippen LogP contribution in [0, 0.1) is 0 Å². The second kappa shape index (κ2) is 3.71. The Bertz CT molecular complexity index is 343. The van der Waals surface area contributed by atoms with Gasteiger partial charge in [0.2, 0.25) is 0 Å². The molecule has 0 saturated heterocycles. The number of carbonyl (C=O) groups is 2. The van der Waals surface area contributed by atoms with E-state index < -0.39 is 5.97 Å². The van der Waals surface area contributed by atoms with Crippen LogP contribution in [0.25, 0.3) is 0 Å². The quantitative estimate of drug-likeness (QED) is 0.421. The molecule has 0 bridgehead atoms. The van der Waals surface area contributed by atoms with Crippen LogP contribution in [0.3, 0.4) is 0 Å². The van der Waals surface area contributed by atoms with Crippen molar-refractivity contribution in [2.45, 2.75) is 6.92 Å². The molecule has 0 saturated carbocycles. The molecule has 1 rings (SSSR count). The van der Waals surface area contributed by atoms with Gasteiger partial charge in [-0.2, -0.15) is 0 Å². The molecule has 1 aromatic rings. The van der Waals surface area contributed by atoms with Crippen LogP contribution >= 0.6 is 0 Å². The number of phenols is 1. The third-order valence-electron chi connectivity index (χ3n) is 1.37. The molecule has 0 aromatic heterocycles. The zero-order valence-corrected chi connectivity index (χ0v) is 6.98. The van der Waals surface area contributed by atoms with Crippen molar-refractivity contribution < 1.29 is 19.4 Å². The molecule has 1 N–H and O–H groups in total. The highest BCUT2D eigenvalue weighted by Gasteiger charge is 2.05. The van der Waals surface area contributed by atoms with Gasteiger partial charge >= 0.3 is 5.97 Å². The first-order chi connectivity index (χ1) is 6.13. The van der Waals surface area contributed by atoms with Gasteiger partial charge in [0.1, 0.15) is 6.29 Å². The van der Waals surface area contributed by atoms with Crippen molar-refractivity contribution in [1.82, 2.24) is 0 Å². The van der Waals surface area contributed by atoms with Gasteiger partial charge in [-0.05, 0) is 18.2 Å². The summed E-state index contributed by atoms with van der Waals surface area (Å²) in [5.74, 6) is -0.688. The van der Waals surface area contributed by atoms with Gasteiger partial charge < -0.3 is 9.84 Å². The third kappa shape index (κ3) is 2.30. The van der Waals surface area contributed by atoms with Crippen LogP contribution in [0.4, 0.5) is 0 Å². The summed E-state index contributed by atoms with van der Waals surface area (Å²) in [7, 11) is 0. The van der Waals surface area contributed by atoms with Crippen LogP contribution in [-0.4, -0.2) is 17.4 Å². The highest BCUT2D eigenvalue weighted by Crippen LogP contribution is 2.26. The third-order valence-corrected chi connectivity index (χ3v) is 1.37. The molecule has 68 valence electrons. The summed E-state index contributed by atoms with van der Waals surface area (Å²) in [4.78, 5) is 20.8. The summed E-state index contributed by atoms with van der Waals surface area (Å²) in [5, 5.41) is 9.24. The molecular weight excluding hydrogens is 172 g/mol. The van der Waals surface area contributed by atoms with Gasteiger partial charge in [0.15, 0.2) is 11.5 Å². The van der Waals surface area contributed by atoms with E-state index in [1.54, 1.807) is 0 Å². The summed E-state index contributed by atoms with van der Waals surface area (Å²) in [5.41, 5.74) is 0.327. The number of aromatic hydroxyl groups is 1. The van der Waals surface area contributed by atoms with Crippen molar-refractivity contribution in [2.24, 2.45) is 0 Å². The lowest BCUT2D eigenvalue weighted by molar-refractivity contribution is -0.132. The van der Waals surface area contributed by atoms with Crippen LogP contribution in [0.1, 0.15) is 17.3 Å². The fourth-order valence-electron chi connectivity index (χ4n) is 0.849. The minimum atomic E-state index is -0.519. The maximum atomic E-state index is 10.5. The number of esters is 1. The van der Waals surface area contributed by atoms with E-state index in [4.69, 9.17) is 0 Å². The van der Waals surface area contributed by atoms with Crippen LogP contribution in [-0.2, 0) is 4.79 Å². The molecule has 13 heavy (non-hydrogen) atoms. The number of rotatable bonds is 2. The standard InChI is InChI=1S/C9H8O4/c1-6(11)13-9-3-2-7(5-10)4-8(9)12/h2-5,12H,1H3. The predicted octanol–water partition coefficient (Wildman–Crippen LogP) is 1.13. The summed E-state index contributed by atoms with van der Waals surface area (Å²) in [6, 6.07) is 4.04. The Balaban J connectivity index is 2.98. The van der Waals surface area contributed by atoms with Gasteiger partial charge in [0, 0.05) is 12.5 Å². The summed E-state index contributed by atoms with van der Waals surface area (Å²) >= 11 is 0. The lowest BCUT2D eigenvalue weighted by Crippen LogP contribution is -2.01. The molecule has 4 nitrogen and oxygen atoms in total. The maximum absolute atomic E-state index is 10.5. The van der Waals surface area contributed by atoms with Gasteiger partial charge in [0.25, 0.3) is 0 Å². The largest absolute Gasteiger partial charge is 0.504 e. The van der Waals surface area contributed by atoms with Crippen molar-refractivity contribution in [2.75, 3.05) is 0 Å². The van der Waals surface area contributed by atoms with E-state index in [0.29, 0.717) is 11.8 Å². The monoisotopic (exact) mass is 180 g/mol. The predicted molar refractivity (Wildman–Crippen MR) is 44.8 cm³/mol. The Morgan fingerprint density at radius 3 is 2.69 bits per heavy atom. The number of aldehydes is 1. The Morgan fingerprint density at radius 2 is 2.23 bits per heavy atom. The molecule has 0 atom stereocenters. The van der Waals surface area contributed by atoms with Crippen LogP contribution in [0.15, 0.2) is 18.2 Å². The van der Waals surface area contributed by atoms with Gasteiger partial charge in [-0.3, -0.25) is 9.59 Å². The highest BCUT2D eigenvalue weighted by atomic mass is 16.5. The number of carbonyl (C=O) groups excluding carboxylic acids is 2. The van der Waals surface area contributed by atoms with E-state index in [2.05, 4.69) is 4.74 Å². The SMILES string of the molecule is CC(=O)Oc1ccc(C=O)cc1O. The number of phenolic OH excluding ortho intramolecular Hbond substituents is 1. The molecule has 0 aliphatic heterocycles. The van der Waals surface area contributed by atoms with Crippen molar-refractivity contribution in [3.05, 3.63) is 23.8 Å². The average molecular weight is 180 g/mol. The molecule has 0 fully saturated rings. The van der Waals surface area contributed by atoms with Crippen LogP contribution in [0.2, 0.25) is 0 Å². The molecule has 0 heterocycles. The molecule has 0 spiro atoms. The highest BCUT2D eigenvalue weighted by molar-refractivity contribution is 5.77. The molecule has 0 aliphatic carbocycles. The van der Waals surface area contributed by atoms with Gasteiger partial charge in [-0.1, -0.05) is 0 Å². The van der Waals surface area contributed by atoms with Crippen LogP contribution in [0.5, 0.6) is 11.5 Å². The van der Waals surface area contributed by atoms with Crippen molar-refractivity contribution in [3.63, 3.8) is 0 Å². The fraction of sp³-hybridized carbons (Fsp3) is 0.111. The zero-order valence-electron chi connectivity index (χ0n) is 6.98. The normalized spacial score (nSPS) is 9.31. The number of hydrogen-bond donors (Lipinski definition) is 1. The molecular formula is C9H8O4. The summed E-state index contributed by atoms with van der Waals surface area (Å²) in [6.07, 6.45) is 0.595. The molecule has 4 heteroatoms. The number of ether oxygens (including phenoxy) is 1. The minimum absolute atomic E-state index is 0.0538. The van der Waals surface area contributed by atoms with Crippen molar-refractivity contribution in [3.8, 4) is 11.5 Å². The summed E-state index contributed by atoms with van der Waals surface area (Å²) < 4.78 is 4.64. The van der Waals surface area contributed by atoms with Gasteiger partial charge in [-0.15, -0.1) is 0 Å². The Kier molecular flexibility index (Phi) is 2.64. The maximum Gasteiger partial charge on any atom is 0.308 e. The topological polar surface area (TPSA) is 63.6 Å². The van der Waals surface area contributed by atoms with E-state index in [0.717, 1.165) is 0 Å². The lowest BCUT2D eigenvalue weighted by Gasteiger charge is -2.03.